The van der Waals surface area contributed by atoms with E-state index in [1.165, 1.54) is 0 Å². The van der Waals surface area contributed by atoms with Gasteiger partial charge in [-0.15, -0.1) is 0 Å². The molecule has 2 amide bonds. The second-order valence-corrected chi connectivity index (χ2v) is 6.21. The van der Waals surface area contributed by atoms with Crippen LogP contribution in [0.3, 0.4) is 0 Å². The van der Waals surface area contributed by atoms with Crippen molar-refractivity contribution in [1.29, 1.82) is 0 Å². The van der Waals surface area contributed by atoms with Crippen LogP contribution >= 0.6 is 0 Å². The van der Waals surface area contributed by atoms with Gasteiger partial charge in [0, 0.05) is 13.1 Å². The summed E-state index contributed by atoms with van der Waals surface area (Å²) in [4.78, 5) is 30.4. The van der Waals surface area contributed by atoms with Gasteiger partial charge in [0.25, 0.3) is 0 Å². The third-order valence-corrected chi connectivity index (χ3v) is 4.81. The first-order chi connectivity index (χ1) is 9.15. The second kappa shape index (κ2) is 5.12. The summed E-state index contributed by atoms with van der Waals surface area (Å²) in [6.45, 7) is 4.08. The lowest BCUT2D eigenvalue weighted by Gasteiger charge is -2.39. The molecule has 0 N–H and O–H groups in total. The Balaban J connectivity index is 1.61. The Morgan fingerprint density at radius 1 is 1.11 bits per heavy atom. The van der Waals surface area contributed by atoms with Crippen LogP contribution in [0.1, 0.15) is 25.7 Å². The van der Waals surface area contributed by atoms with Crippen LogP contribution in [-0.2, 0) is 9.59 Å². The van der Waals surface area contributed by atoms with Crippen molar-refractivity contribution in [1.82, 2.24) is 14.7 Å². The van der Waals surface area contributed by atoms with E-state index in [9.17, 15) is 9.59 Å². The molecule has 3 aliphatic rings. The number of hydrogen-bond acceptors (Lipinski definition) is 3. The van der Waals surface area contributed by atoms with E-state index in [2.05, 4.69) is 11.9 Å². The van der Waals surface area contributed by atoms with Crippen molar-refractivity contribution in [2.75, 3.05) is 39.8 Å². The number of nitrogens with zero attached hydrogens (tertiary/aromatic N) is 3. The maximum absolute atomic E-state index is 12.4. The molecule has 106 valence electrons. The Hall–Kier alpha value is -1.10. The fourth-order valence-corrected chi connectivity index (χ4v) is 3.58. The molecule has 3 rings (SSSR count). The van der Waals surface area contributed by atoms with Crippen molar-refractivity contribution in [3.63, 3.8) is 0 Å². The third kappa shape index (κ3) is 2.48. The molecule has 5 nitrogen and oxygen atoms in total. The Kier molecular flexibility index (Phi) is 3.48. The highest BCUT2D eigenvalue weighted by Gasteiger charge is 2.42. The first kappa shape index (κ1) is 12.9. The molecule has 3 aliphatic heterocycles. The van der Waals surface area contributed by atoms with E-state index in [0.29, 0.717) is 12.5 Å². The van der Waals surface area contributed by atoms with Crippen molar-refractivity contribution in [3.05, 3.63) is 0 Å². The molecule has 0 bridgehead atoms. The molecule has 0 aromatic carbocycles. The van der Waals surface area contributed by atoms with Gasteiger partial charge in [-0.1, -0.05) is 0 Å². The van der Waals surface area contributed by atoms with Crippen molar-refractivity contribution in [2.45, 2.75) is 31.7 Å². The molecule has 0 aromatic rings. The van der Waals surface area contributed by atoms with E-state index < -0.39 is 0 Å². The van der Waals surface area contributed by atoms with Crippen molar-refractivity contribution >= 4 is 11.8 Å². The Bertz CT molecular complexity index is 377. The van der Waals surface area contributed by atoms with Crippen LogP contribution < -0.4 is 0 Å². The molecule has 1 atom stereocenters. The average molecular weight is 265 g/mol. The minimum atomic E-state index is -0.146. The molecule has 1 unspecified atom stereocenters. The van der Waals surface area contributed by atoms with Crippen LogP contribution in [-0.4, -0.2) is 72.3 Å². The number of carbonyl (C=O) groups excluding carboxylic acids is 2. The molecular weight excluding hydrogens is 242 g/mol. The van der Waals surface area contributed by atoms with E-state index in [1.54, 1.807) is 4.90 Å². The van der Waals surface area contributed by atoms with Gasteiger partial charge in [-0.25, -0.2) is 0 Å². The second-order valence-electron chi connectivity index (χ2n) is 6.21. The minimum Gasteiger partial charge on any atom is -0.331 e. The summed E-state index contributed by atoms with van der Waals surface area (Å²) in [5.41, 5.74) is 0. The van der Waals surface area contributed by atoms with Gasteiger partial charge in [0.15, 0.2) is 0 Å². The van der Waals surface area contributed by atoms with E-state index >= 15 is 0 Å². The van der Waals surface area contributed by atoms with Crippen LogP contribution in [0.4, 0.5) is 0 Å². The quantitative estimate of drug-likeness (QED) is 0.714. The first-order valence-electron chi connectivity index (χ1n) is 7.42. The number of carbonyl (C=O) groups is 2. The number of fused-ring (bicyclic) bond motifs is 1. The number of piperazine rings is 1. The van der Waals surface area contributed by atoms with Gasteiger partial charge in [0.05, 0.1) is 6.54 Å². The topological polar surface area (TPSA) is 43.9 Å². The molecule has 0 spiro atoms. The first-order valence-corrected chi connectivity index (χ1v) is 7.42. The molecule has 0 saturated carbocycles. The monoisotopic (exact) mass is 265 g/mol. The lowest BCUT2D eigenvalue weighted by Crippen LogP contribution is -2.58. The molecule has 3 saturated heterocycles. The molecule has 3 fully saturated rings. The van der Waals surface area contributed by atoms with Crippen LogP contribution in [0.2, 0.25) is 0 Å². The van der Waals surface area contributed by atoms with Crippen LogP contribution in [0.5, 0.6) is 0 Å². The van der Waals surface area contributed by atoms with E-state index in [-0.39, 0.29) is 17.9 Å². The highest BCUT2D eigenvalue weighted by molar-refractivity contribution is 5.95. The van der Waals surface area contributed by atoms with E-state index in [0.717, 1.165) is 51.9 Å². The lowest BCUT2D eigenvalue weighted by molar-refractivity contribution is -0.154. The lowest BCUT2D eigenvalue weighted by atomic mass is 9.95. The normalized spacial score (nSPS) is 30.1. The minimum absolute atomic E-state index is 0.146. The molecule has 19 heavy (non-hydrogen) atoms. The average Bonchev–Trinajstić information content (AvgIpc) is 2.88. The molecule has 0 radical (unpaired) electrons. The molecular formula is C14H23N3O2. The smallest absolute Gasteiger partial charge is 0.245 e. The number of hydrogen-bond donors (Lipinski definition) is 0. The number of amides is 2. The van der Waals surface area contributed by atoms with Crippen molar-refractivity contribution < 1.29 is 9.59 Å². The van der Waals surface area contributed by atoms with Gasteiger partial charge < -0.3 is 14.7 Å². The van der Waals surface area contributed by atoms with Gasteiger partial charge in [-0.2, -0.15) is 0 Å². The summed E-state index contributed by atoms with van der Waals surface area (Å²) in [6, 6.07) is -0.146. The Morgan fingerprint density at radius 3 is 2.58 bits per heavy atom. The maximum atomic E-state index is 12.4. The summed E-state index contributed by atoms with van der Waals surface area (Å²) < 4.78 is 0. The van der Waals surface area contributed by atoms with Gasteiger partial charge in [0.2, 0.25) is 11.8 Å². The summed E-state index contributed by atoms with van der Waals surface area (Å²) in [7, 11) is 2.14. The number of piperidine rings is 1. The highest BCUT2D eigenvalue weighted by atomic mass is 16.2. The highest BCUT2D eigenvalue weighted by Crippen LogP contribution is 2.25. The van der Waals surface area contributed by atoms with Crippen LogP contribution in [0, 0.1) is 5.92 Å². The summed E-state index contributed by atoms with van der Waals surface area (Å²) in [5, 5.41) is 0. The third-order valence-electron chi connectivity index (χ3n) is 4.81. The molecule has 3 heterocycles. The number of likely N-dealkylation sites (tertiary alicyclic amines) is 1. The van der Waals surface area contributed by atoms with Crippen LogP contribution in [0.25, 0.3) is 0 Å². The summed E-state index contributed by atoms with van der Waals surface area (Å²) in [6.07, 6.45) is 4.12. The molecule has 0 aromatic heterocycles. The predicted octanol–water partition coefficient (Wildman–Crippen LogP) is 0.161. The Labute approximate surface area is 114 Å². The maximum Gasteiger partial charge on any atom is 0.245 e. The van der Waals surface area contributed by atoms with E-state index in [1.807, 2.05) is 4.90 Å². The van der Waals surface area contributed by atoms with Crippen molar-refractivity contribution in [2.24, 2.45) is 5.92 Å². The zero-order chi connectivity index (χ0) is 13.4. The fraction of sp³-hybridized carbons (Fsp3) is 0.857. The van der Waals surface area contributed by atoms with Gasteiger partial charge in [-0.3, -0.25) is 9.59 Å². The number of rotatable bonds is 2. The molecule has 0 aliphatic carbocycles. The van der Waals surface area contributed by atoms with Crippen LogP contribution in [0.15, 0.2) is 0 Å². The fourth-order valence-electron chi connectivity index (χ4n) is 3.58. The molecule has 5 heteroatoms. The largest absolute Gasteiger partial charge is 0.331 e. The van der Waals surface area contributed by atoms with E-state index in [4.69, 9.17) is 0 Å². The zero-order valence-corrected chi connectivity index (χ0v) is 11.7. The zero-order valence-electron chi connectivity index (χ0n) is 11.7. The predicted molar refractivity (Wildman–Crippen MR) is 71.5 cm³/mol. The van der Waals surface area contributed by atoms with Crippen molar-refractivity contribution in [3.8, 4) is 0 Å². The van der Waals surface area contributed by atoms with Gasteiger partial charge in [-0.05, 0) is 51.7 Å². The summed E-state index contributed by atoms with van der Waals surface area (Å²) in [5.74, 6) is 0.909. The van der Waals surface area contributed by atoms with Gasteiger partial charge >= 0.3 is 0 Å². The van der Waals surface area contributed by atoms with Gasteiger partial charge in [0.1, 0.15) is 6.04 Å². The summed E-state index contributed by atoms with van der Waals surface area (Å²) >= 11 is 0. The Morgan fingerprint density at radius 2 is 1.84 bits per heavy atom. The SMILES string of the molecule is CN1CCC(CN2CC(=O)N3CCCC3C2=O)CC1. The standard InChI is InChI=1S/C14H23N3O2/c1-15-7-4-11(5-8-15)9-16-10-13(18)17-6-2-3-12(17)14(16)19/h11-12H,2-10H2,1H3.